The van der Waals surface area contributed by atoms with E-state index in [1.54, 1.807) is 0 Å². The van der Waals surface area contributed by atoms with Crippen molar-refractivity contribution in [1.29, 1.82) is 0 Å². The molecule has 11 aromatic rings. The van der Waals surface area contributed by atoms with Crippen LogP contribution in [0.25, 0.3) is 65.9 Å². The fraction of sp³-hybridized carbons (Fsp3) is 0.0294. The van der Waals surface area contributed by atoms with Crippen LogP contribution < -0.4 is 10.6 Å². The summed E-state index contributed by atoms with van der Waals surface area (Å²) < 4.78 is 0. The number of amidine groups is 2. The number of nitrogens with zero attached hydrogens (tertiary/aromatic N) is 2. The van der Waals surface area contributed by atoms with Crippen LogP contribution in [0, 0.1) is 0 Å². The number of dihydropyridines is 1. The SMILES string of the molecule is c1ccc(C2=NC(c3ccc(-c4ccc5c6ccccc6c6ccccc6c5c4)cc3)=NC(c3ccc(C4=C(c5ccccc5)C(c5ccccc5)NC(c5ccccc5)=C4c4ccccc4)cc3)N2)cc1. The minimum Gasteiger partial charge on any atom is -0.373 e. The molecule has 0 bridgehead atoms. The minimum atomic E-state index is -0.387. The third-order valence-electron chi connectivity index (χ3n) is 14.2. The minimum absolute atomic E-state index is 0.129. The highest BCUT2D eigenvalue weighted by molar-refractivity contribution is 6.26. The lowest BCUT2D eigenvalue weighted by Crippen LogP contribution is -2.33. The summed E-state index contributed by atoms with van der Waals surface area (Å²) in [6.07, 6.45) is -0.387. The largest absolute Gasteiger partial charge is 0.373 e. The van der Waals surface area contributed by atoms with E-state index in [2.05, 4.69) is 271 Å². The summed E-state index contributed by atoms with van der Waals surface area (Å²) in [6, 6.07) is 95.5. The van der Waals surface area contributed by atoms with Crippen LogP contribution in [0.5, 0.6) is 0 Å². The molecule has 0 radical (unpaired) electrons. The molecule has 2 aliphatic heterocycles. The highest BCUT2D eigenvalue weighted by Gasteiger charge is 2.33. The van der Waals surface area contributed by atoms with Gasteiger partial charge in [-0.2, -0.15) is 0 Å². The standard InChI is InChI=1S/C68H48N4/c1-6-20-46(21-7-1)62-61(63(47-22-8-2-9-23-47)65(50-26-12-4-13-27-50)69-64(62)49-24-10-3-11-25-49)48-36-40-53(41-37-48)68-71-66(51-28-14-5-15-29-51)70-67(72-68)52-38-34-45(35-39-52)54-42-43-59-57-32-17-16-30-55(57)56-31-18-19-33-58(56)60(59)44-54/h1-44,64,68-69H,(H,70,71,72). The van der Waals surface area contributed by atoms with Crippen molar-refractivity contribution in [2.75, 3.05) is 0 Å². The third kappa shape index (κ3) is 7.86. The van der Waals surface area contributed by atoms with Crippen LogP contribution in [-0.4, -0.2) is 11.7 Å². The lowest BCUT2D eigenvalue weighted by molar-refractivity contribution is 0.674. The number of allylic oxidation sites excluding steroid dienone is 2. The van der Waals surface area contributed by atoms with Crippen molar-refractivity contribution in [3.63, 3.8) is 0 Å². The Morgan fingerprint density at radius 2 is 0.736 bits per heavy atom. The topological polar surface area (TPSA) is 48.8 Å². The van der Waals surface area contributed by atoms with Gasteiger partial charge < -0.3 is 10.6 Å². The van der Waals surface area contributed by atoms with Gasteiger partial charge in [-0.3, -0.25) is 0 Å². The molecule has 11 aromatic carbocycles. The van der Waals surface area contributed by atoms with E-state index >= 15 is 0 Å². The quantitative estimate of drug-likeness (QED) is 0.142. The Kier molecular flexibility index (Phi) is 11.0. The normalized spacial score (nSPS) is 15.8. The van der Waals surface area contributed by atoms with E-state index < -0.39 is 0 Å². The molecule has 0 fully saturated rings. The molecule has 72 heavy (non-hydrogen) atoms. The van der Waals surface area contributed by atoms with Gasteiger partial charge in [-0.05, 0) is 94.0 Å². The first kappa shape index (κ1) is 42.7. The number of fused-ring (bicyclic) bond motifs is 6. The predicted molar refractivity (Wildman–Crippen MR) is 302 cm³/mol. The van der Waals surface area contributed by atoms with Crippen molar-refractivity contribution >= 4 is 66.4 Å². The molecule has 0 saturated carbocycles. The number of nitrogens with one attached hydrogen (secondary N) is 2. The summed E-state index contributed by atoms with van der Waals surface area (Å²) in [7, 11) is 0. The Balaban J connectivity index is 0.915. The van der Waals surface area contributed by atoms with Gasteiger partial charge in [0, 0.05) is 16.7 Å². The second-order valence-electron chi connectivity index (χ2n) is 18.5. The van der Waals surface area contributed by atoms with Crippen LogP contribution >= 0.6 is 0 Å². The van der Waals surface area contributed by atoms with Crippen molar-refractivity contribution in [2.24, 2.45) is 9.98 Å². The maximum atomic E-state index is 5.36. The van der Waals surface area contributed by atoms with Crippen molar-refractivity contribution < 1.29 is 0 Å². The zero-order valence-corrected chi connectivity index (χ0v) is 39.5. The number of rotatable bonds is 9. The number of hydrogen-bond acceptors (Lipinski definition) is 4. The van der Waals surface area contributed by atoms with Gasteiger partial charge in [0.25, 0.3) is 0 Å². The maximum absolute atomic E-state index is 5.36. The average Bonchev–Trinajstić information content (AvgIpc) is 3.47. The first-order valence-electron chi connectivity index (χ1n) is 24.7. The van der Waals surface area contributed by atoms with Gasteiger partial charge in [-0.15, -0.1) is 0 Å². The fourth-order valence-electron chi connectivity index (χ4n) is 10.8. The smallest absolute Gasteiger partial charge is 0.159 e. The Morgan fingerprint density at radius 3 is 1.33 bits per heavy atom. The molecule has 2 unspecified atom stereocenters. The van der Waals surface area contributed by atoms with E-state index in [9.17, 15) is 0 Å². The number of aliphatic imine (C=N–C) groups is 2. The highest BCUT2D eigenvalue weighted by Crippen LogP contribution is 2.50. The van der Waals surface area contributed by atoms with Crippen LogP contribution in [0.3, 0.4) is 0 Å². The summed E-state index contributed by atoms with van der Waals surface area (Å²) in [4.78, 5) is 10.6. The zero-order chi connectivity index (χ0) is 47.8. The molecule has 2 heterocycles. The molecule has 2 N–H and O–H groups in total. The van der Waals surface area contributed by atoms with E-state index in [1.807, 2.05) is 6.07 Å². The molecule has 4 nitrogen and oxygen atoms in total. The van der Waals surface area contributed by atoms with Gasteiger partial charge in [0.15, 0.2) is 5.84 Å². The van der Waals surface area contributed by atoms with Gasteiger partial charge >= 0.3 is 0 Å². The van der Waals surface area contributed by atoms with Crippen molar-refractivity contribution in [1.82, 2.24) is 10.6 Å². The maximum Gasteiger partial charge on any atom is 0.159 e. The van der Waals surface area contributed by atoms with Crippen LogP contribution in [0.15, 0.2) is 277 Å². The van der Waals surface area contributed by atoms with E-state index in [0.717, 1.165) is 56.0 Å². The first-order valence-corrected chi connectivity index (χ1v) is 24.7. The molecular formula is C68H48N4. The second-order valence-corrected chi connectivity index (χ2v) is 18.5. The van der Waals surface area contributed by atoms with Crippen molar-refractivity contribution in [3.05, 3.63) is 311 Å². The molecule has 0 aromatic heterocycles. The molecule has 2 aliphatic rings. The van der Waals surface area contributed by atoms with Gasteiger partial charge in [0.2, 0.25) is 0 Å². The summed E-state index contributed by atoms with van der Waals surface area (Å²) >= 11 is 0. The Hall–Kier alpha value is -9.38. The van der Waals surface area contributed by atoms with Gasteiger partial charge in [-0.1, -0.05) is 261 Å². The number of hydrogen-bond donors (Lipinski definition) is 2. The Labute approximate surface area is 419 Å². The van der Waals surface area contributed by atoms with E-state index in [4.69, 9.17) is 9.98 Å². The molecule has 2 atom stereocenters. The molecule has 4 heteroatoms. The van der Waals surface area contributed by atoms with Gasteiger partial charge in [-0.25, -0.2) is 9.98 Å². The molecule has 0 saturated heterocycles. The van der Waals surface area contributed by atoms with E-state index in [1.165, 1.54) is 60.2 Å². The Morgan fingerprint density at radius 1 is 0.292 bits per heavy atom. The fourth-order valence-corrected chi connectivity index (χ4v) is 10.8. The molecular weight excluding hydrogens is 873 g/mol. The molecule has 13 rings (SSSR count). The van der Waals surface area contributed by atoms with E-state index in [0.29, 0.717) is 5.84 Å². The first-order chi connectivity index (χ1) is 35.7. The molecule has 0 spiro atoms. The van der Waals surface area contributed by atoms with Crippen LogP contribution in [0.4, 0.5) is 0 Å². The summed E-state index contributed by atoms with van der Waals surface area (Å²) in [5, 5.41) is 15.4. The molecule has 340 valence electrons. The van der Waals surface area contributed by atoms with Gasteiger partial charge in [0.1, 0.15) is 12.0 Å². The molecule has 0 amide bonds. The Bertz CT molecular complexity index is 3880. The lowest BCUT2D eigenvalue weighted by Gasteiger charge is -2.36. The summed E-state index contributed by atoms with van der Waals surface area (Å²) in [6.45, 7) is 0. The lowest BCUT2D eigenvalue weighted by atomic mass is 9.77. The summed E-state index contributed by atoms with van der Waals surface area (Å²) in [5.74, 6) is 1.47. The molecule has 0 aliphatic carbocycles. The summed E-state index contributed by atoms with van der Waals surface area (Å²) in [5.41, 5.74) is 15.7. The number of benzene rings is 11. The van der Waals surface area contributed by atoms with Crippen molar-refractivity contribution in [3.8, 4) is 11.1 Å². The van der Waals surface area contributed by atoms with Gasteiger partial charge in [0.05, 0.1) is 11.7 Å². The van der Waals surface area contributed by atoms with Crippen molar-refractivity contribution in [2.45, 2.75) is 12.2 Å². The highest BCUT2D eigenvalue weighted by atomic mass is 15.2. The zero-order valence-electron chi connectivity index (χ0n) is 39.5. The average molecular weight is 921 g/mol. The monoisotopic (exact) mass is 920 g/mol. The van der Waals surface area contributed by atoms with E-state index in [-0.39, 0.29) is 12.2 Å². The predicted octanol–water partition coefficient (Wildman–Crippen LogP) is 16.1. The van der Waals surface area contributed by atoms with Crippen LogP contribution in [0.1, 0.15) is 56.7 Å². The van der Waals surface area contributed by atoms with Crippen LogP contribution in [-0.2, 0) is 0 Å². The third-order valence-corrected chi connectivity index (χ3v) is 14.2. The second kappa shape index (κ2) is 18.5. The van der Waals surface area contributed by atoms with Crippen LogP contribution in [0.2, 0.25) is 0 Å².